The molecule has 0 fully saturated rings. The number of hydrogen-bond donors (Lipinski definition) is 1. The first kappa shape index (κ1) is 25.0. The fraction of sp³-hybridized carbons (Fsp3) is 0.192. The minimum Gasteiger partial charge on any atom is -0.506 e. The molecular weight excluding hydrogens is 475 g/mol. The molecule has 4 rings (SSSR count). The van der Waals surface area contributed by atoms with E-state index in [0.29, 0.717) is 40.9 Å². The van der Waals surface area contributed by atoms with Crippen LogP contribution in [-0.2, 0) is 0 Å². The number of ether oxygens (including phenoxy) is 1. The van der Waals surface area contributed by atoms with Gasteiger partial charge in [0.15, 0.2) is 17.4 Å². The molecule has 3 heterocycles. The summed E-state index contributed by atoms with van der Waals surface area (Å²) in [6, 6.07) is 10.8. The summed E-state index contributed by atoms with van der Waals surface area (Å²) in [6.07, 6.45) is 6.74. The van der Waals surface area contributed by atoms with Crippen molar-refractivity contribution in [1.29, 1.82) is 0 Å². The fourth-order valence-corrected chi connectivity index (χ4v) is 3.93. The number of Topliss-reactive ketones (excluding diaryl/α,β-unsaturated/α-hetero) is 1. The molecule has 1 unspecified atom stereocenters. The quantitative estimate of drug-likeness (QED) is 0.279. The second-order valence-electron chi connectivity index (χ2n) is 8.03. The monoisotopic (exact) mass is 502 g/mol. The zero-order valence-corrected chi connectivity index (χ0v) is 21.7. The predicted octanol–water partition coefficient (Wildman–Crippen LogP) is 4.28. The van der Waals surface area contributed by atoms with Crippen molar-refractivity contribution < 1.29 is 14.6 Å². The standard InChI is InChI=1S/C26H27N6O3P/c1-5-22(34)19-15-28-24(32(3)23-10-9-16(33)12-27-23)11-21(19)31(2)20-8-6-7-18(25(20)35-4)26-29-13-17(36)14-30-26/h6-15,33H,5,36H2,1-4H3. The number of benzene rings is 1. The van der Waals surface area contributed by atoms with Gasteiger partial charge in [-0.25, -0.2) is 19.9 Å². The van der Waals surface area contributed by atoms with E-state index in [9.17, 15) is 9.90 Å². The second kappa shape index (κ2) is 10.7. The van der Waals surface area contributed by atoms with Gasteiger partial charge in [-0.3, -0.25) is 4.79 Å². The summed E-state index contributed by atoms with van der Waals surface area (Å²) in [7, 11) is 7.86. The third-order valence-corrected chi connectivity index (χ3v) is 6.04. The van der Waals surface area contributed by atoms with E-state index in [1.165, 1.54) is 6.20 Å². The van der Waals surface area contributed by atoms with Crippen LogP contribution in [0.25, 0.3) is 11.4 Å². The predicted molar refractivity (Wildman–Crippen MR) is 144 cm³/mol. The van der Waals surface area contributed by atoms with Crippen molar-refractivity contribution >= 4 is 43.3 Å². The van der Waals surface area contributed by atoms with E-state index in [1.807, 2.05) is 50.2 Å². The van der Waals surface area contributed by atoms with Gasteiger partial charge in [0.2, 0.25) is 0 Å². The average Bonchev–Trinajstić information content (AvgIpc) is 2.91. The number of pyridine rings is 2. The maximum absolute atomic E-state index is 12.9. The highest BCUT2D eigenvalue weighted by Crippen LogP contribution is 2.41. The van der Waals surface area contributed by atoms with Crippen LogP contribution in [0.5, 0.6) is 11.5 Å². The van der Waals surface area contributed by atoms with Crippen LogP contribution in [0.1, 0.15) is 23.7 Å². The van der Waals surface area contributed by atoms with Crippen LogP contribution in [-0.4, -0.2) is 52.0 Å². The van der Waals surface area contributed by atoms with Gasteiger partial charge in [0, 0.05) is 50.5 Å². The van der Waals surface area contributed by atoms with E-state index in [2.05, 4.69) is 29.2 Å². The lowest BCUT2D eigenvalue weighted by atomic mass is 10.1. The van der Waals surface area contributed by atoms with Crippen LogP contribution >= 0.6 is 9.24 Å². The Morgan fingerprint density at radius 2 is 1.67 bits per heavy atom. The first-order chi connectivity index (χ1) is 17.3. The molecule has 0 aliphatic carbocycles. The molecule has 0 saturated heterocycles. The molecule has 0 aliphatic rings. The van der Waals surface area contributed by atoms with Crippen molar-refractivity contribution in [1.82, 2.24) is 19.9 Å². The van der Waals surface area contributed by atoms with E-state index in [4.69, 9.17) is 4.74 Å². The molecular formula is C26H27N6O3P. The van der Waals surface area contributed by atoms with Gasteiger partial charge >= 0.3 is 0 Å². The Morgan fingerprint density at radius 1 is 0.944 bits per heavy atom. The number of hydrogen-bond acceptors (Lipinski definition) is 9. The minimum atomic E-state index is -0.0317. The highest BCUT2D eigenvalue weighted by molar-refractivity contribution is 7.27. The van der Waals surface area contributed by atoms with Crippen molar-refractivity contribution in [3.05, 3.63) is 66.7 Å². The van der Waals surface area contributed by atoms with E-state index in [0.717, 1.165) is 16.6 Å². The lowest BCUT2D eigenvalue weighted by Gasteiger charge is -2.26. The van der Waals surface area contributed by atoms with Crippen LogP contribution in [0, 0.1) is 0 Å². The van der Waals surface area contributed by atoms with Crippen LogP contribution in [0.2, 0.25) is 0 Å². The molecule has 3 aromatic heterocycles. The Kier molecular flexibility index (Phi) is 7.41. The van der Waals surface area contributed by atoms with Crippen molar-refractivity contribution in [3.8, 4) is 22.9 Å². The van der Waals surface area contributed by atoms with Crippen LogP contribution < -0.4 is 19.8 Å². The SMILES string of the molecule is CCC(=O)c1cnc(N(C)c2ccc(O)cn2)cc1N(C)c1cccc(-c2ncc(P)cn2)c1OC. The Labute approximate surface area is 212 Å². The van der Waals surface area contributed by atoms with Gasteiger partial charge in [-0.1, -0.05) is 13.0 Å². The van der Waals surface area contributed by atoms with E-state index in [1.54, 1.807) is 42.7 Å². The normalized spacial score (nSPS) is 10.7. The first-order valence-corrected chi connectivity index (χ1v) is 11.8. The van der Waals surface area contributed by atoms with Gasteiger partial charge < -0.3 is 19.6 Å². The van der Waals surface area contributed by atoms with Crippen molar-refractivity contribution in [2.45, 2.75) is 13.3 Å². The largest absolute Gasteiger partial charge is 0.506 e. The van der Waals surface area contributed by atoms with Crippen LogP contribution in [0.3, 0.4) is 0 Å². The first-order valence-electron chi connectivity index (χ1n) is 11.2. The van der Waals surface area contributed by atoms with Gasteiger partial charge in [0.05, 0.1) is 35.8 Å². The topological polar surface area (TPSA) is 105 Å². The van der Waals surface area contributed by atoms with Gasteiger partial charge in [-0.2, -0.15) is 0 Å². The molecule has 9 nitrogen and oxygen atoms in total. The number of rotatable bonds is 8. The molecule has 0 bridgehead atoms. The Bertz CT molecular complexity index is 1380. The molecule has 0 aliphatic heterocycles. The Hall–Kier alpha value is -4.10. The lowest BCUT2D eigenvalue weighted by Crippen LogP contribution is -2.18. The van der Waals surface area contributed by atoms with E-state index >= 15 is 0 Å². The highest BCUT2D eigenvalue weighted by Gasteiger charge is 2.22. The number of methoxy groups -OCH3 is 1. The Balaban J connectivity index is 1.82. The van der Waals surface area contributed by atoms with Gasteiger partial charge in [-0.15, -0.1) is 9.24 Å². The summed E-state index contributed by atoms with van der Waals surface area (Å²) >= 11 is 0. The number of ketones is 1. The molecule has 0 amide bonds. The summed E-state index contributed by atoms with van der Waals surface area (Å²) in [6.45, 7) is 1.82. The molecule has 1 atom stereocenters. The number of carbonyl (C=O) groups is 1. The number of aromatic hydroxyl groups is 1. The van der Waals surface area contributed by atoms with Gasteiger partial charge in [-0.05, 0) is 24.3 Å². The molecule has 0 radical (unpaired) electrons. The summed E-state index contributed by atoms with van der Waals surface area (Å²) in [5.41, 5.74) is 2.62. The maximum Gasteiger partial charge on any atom is 0.166 e. The number of para-hydroxylation sites is 1. The van der Waals surface area contributed by atoms with Crippen LogP contribution in [0.4, 0.5) is 23.0 Å². The van der Waals surface area contributed by atoms with Crippen molar-refractivity contribution in [3.63, 3.8) is 0 Å². The number of nitrogens with zero attached hydrogens (tertiary/aromatic N) is 6. The average molecular weight is 503 g/mol. The van der Waals surface area contributed by atoms with E-state index < -0.39 is 0 Å². The van der Waals surface area contributed by atoms with Crippen molar-refractivity contribution in [2.24, 2.45) is 0 Å². The Morgan fingerprint density at radius 3 is 2.31 bits per heavy atom. The molecule has 4 aromatic rings. The molecule has 10 heteroatoms. The third-order valence-electron chi connectivity index (χ3n) is 5.74. The van der Waals surface area contributed by atoms with Gasteiger partial charge in [0.25, 0.3) is 0 Å². The zero-order valence-electron chi connectivity index (χ0n) is 20.5. The maximum atomic E-state index is 12.9. The third kappa shape index (κ3) is 4.97. The number of carbonyl (C=O) groups excluding carboxylic acids is 1. The fourth-order valence-electron chi connectivity index (χ4n) is 3.78. The summed E-state index contributed by atoms with van der Waals surface area (Å²) in [5.74, 6) is 2.34. The molecule has 36 heavy (non-hydrogen) atoms. The summed E-state index contributed by atoms with van der Waals surface area (Å²) < 4.78 is 5.82. The molecule has 184 valence electrons. The minimum absolute atomic E-state index is 0.0317. The molecule has 0 spiro atoms. The van der Waals surface area contributed by atoms with Crippen molar-refractivity contribution in [2.75, 3.05) is 31.0 Å². The van der Waals surface area contributed by atoms with Crippen LogP contribution in [0.15, 0.2) is 61.2 Å². The smallest absolute Gasteiger partial charge is 0.166 e. The molecule has 1 aromatic carbocycles. The molecule has 1 N–H and O–H groups in total. The number of anilines is 4. The van der Waals surface area contributed by atoms with Gasteiger partial charge in [0.1, 0.15) is 17.4 Å². The second-order valence-corrected chi connectivity index (χ2v) is 8.69. The summed E-state index contributed by atoms with van der Waals surface area (Å²) in [4.78, 5) is 34.2. The molecule has 0 saturated carbocycles. The lowest BCUT2D eigenvalue weighted by molar-refractivity contribution is 0.0988. The van der Waals surface area contributed by atoms with E-state index in [-0.39, 0.29) is 11.5 Å². The highest BCUT2D eigenvalue weighted by atomic mass is 31.0. The zero-order chi connectivity index (χ0) is 25.8. The number of aromatic nitrogens is 4. The summed E-state index contributed by atoms with van der Waals surface area (Å²) in [5, 5.41) is 10.5.